The molecule has 6 heteroatoms. The van der Waals surface area contributed by atoms with Gasteiger partial charge in [-0.1, -0.05) is 6.92 Å². The summed E-state index contributed by atoms with van der Waals surface area (Å²) in [6.07, 6.45) is 6.34. The Hall–Kier alpha value is -1.69. The first kappa shape index (κ1) is 14.3. The summed E-state index contributed by atoms with van der Waals surface area (Å²) < 4.78 is 1.87. The number of rotatable bonds is 3. The summed E-state index contributed by atoms with van der Waals surface area (Å²) in [7, 11) is 0. The van der Waals surface area contributed by atoms with Crippen molar-refractivity contribution in [2.75, 3.05) is 13.1 Å². The highest BCUT2D eigenvalue weighted by Gasteiger charge is 2.27. The topological polar surface area (TPSA) is 51.0 Å². The molecule has 1 fully saturated rings. The summed E-state index contributed by atoms with van der Waals surface area (Å²) in [6, 6.07) is 2.30. The van der Waals surface area contributed by atoms with E-state index >= 15 is 0 Å². The van der Waals surface area contributed by atoms with E-state index in [9.17, 15) is 4.79 Å². The van der Waals surface area contributed by atoms with Crippen LogP contribution in [0.2, 0.25) is 0 Å². The van der Waals surface area contributed by atoms with Gasteiger partial charge in [0.15, 0.2) is 0 Å². The molecule has 0 bridgehead atoms. The average Bonchev–Trinajstić information content (AvgIpc) is 3.16. The number of hydrogen-bond acceptors (Lipinski definition) is 4. The maximum absolute atomic E-state index is 12.7. The van der Waals surface area contributed by atoms with Crippen LogP contribution in [-0.4, -0.2) is 38.7 Å². The van der Waals surface area contributed by atoms with E-state index in [1.54, 1.807) is 24.0 Å². The van der Waals surface area contributed by atoms with Crippen molar-refractivity contribution in [3.63, 3.8) is 0 Å². The highest BCUT2D eigenvalue weighted by molar-refractivity contribution is 7.14. The third-order valence-corrected chi connectivity index (χ3v) is 5.19. The fourth-order valence-electron chi connectivity index (χ4n) is 2.89. The fraction of sp³-hybridized carbons (Fsp3) is 0.533. The lowest BCUT2D eigenvalue weighted by atomic mass is 10.1. The van der Waals surface area contributed by atoms with E-state index in [0.29, 0.717) is 0 Å². The van der Waals surface area contributed by atoms with E-state index in [1.165, 1.54) is 10.4 Å². The van der Waals surface area contributed by atoms with Crippen LogP contribution >= 0.6 is 11.3 Å². The van der Waals surface area contributed by atoms with Crippen LogP contribution < -0.4 is 0 Å². The van der Waals surface area contributed by atoms with Crippen LogP contribution in [0.25, 0.3) is 0 Å². The molecule has 0 aliphatic carbocycles. The van der Waals surface area contributed by atoms with E-state index in [4.69, 9.17) is 0 Å². The van der Waals surface area contributed by atoms with Crippen molar-refractivity contribution in [3.05, 3.63) is 34.0 Å². The molecule has 2 aromatic rings. The molecule has 5 nitrogen and oxygen atoms in total. The third kappa shape index (κ3) is 2.85. The molecule has 1 amide bonds. The standard InChI is InChI=1S/C15H20N4OS/c1-3-12-7-14(21-11(12)2)15(20)18-6-4-5-13(8-18)19-10-16-9-17-19/h7,9-10,13H,3-6,8H2,1-2H3. The van der Waals surface area contributed by atoms with Gasteiger partial charge in [0.2, 0.25) is 0 Å². The molecule has 1 aliphatic rings. The van der Waals surface area contributed by atoms with E-state index in [-0.39, 0.29) is 11.9 Å². The summed E-state index contributed by atoms with van der Waals surface area (Å²) in [6.45, 7) is 5.78. The van der Waals surface area contributed by atoms with Crippen LogP contribution in [0, 0.1) is 6.92 Å². The lowest BCUT2D eigenvalue weighted by Crippen LogP contribution is -2.40. The maximum Gasteiger partial charge on any atom is 0.264 e. The van der Waals surface area contributed by atoms with E-state index < -0.39 is 0 Å². The molecule has 112 valence electrons. The monoisotopic (exact) mass is 304 g/mol. The summed E-state index contributed by atoms with van der Waals surface area (Å²) in [4.78, 5) is 20.8. The van der Waals surface area contributed by atoms with Gasteiger partial charge in [-0.25, -0.2) is 9.67 Å². The molecule has 1 aliphatic heterocycles. The van der Waals surface area contributed by atoms with Crippen molar-refractivity contribution < 1.29 is 4.79 Å². The van der Waals surface area contributed by atoms with E-state index in [2.05, 4.69) is 30.0 Å². The molecule has 0 spiro atoms. The van der Waals surface area contributed by atoms with Gasteiger partial charge in [-0.15, -0.1) is 11.3 Å². The molecule has 3 rings (SSSR count). The number of nitrogens with zero attached hydrogens (tertiary/aromatic N) is 4. The Kier molecular flexibility index (Phi) is 4.05. The van der Waals surface area contributed by atoms with Crippen molar-refractivity contribution in [1.82, 2.24) is 19.7 Å². The van der Waals surface area contributed by atoms with Crippen LogP contribution in [0.5, 0.6) is 0 Å². The van der Waals surface area contributed by atoms with Crippen LogP contribution in [0.4, 0.5) is 0 Å². The Morgan fingerprint density at radius 2 is 2.38 bits per heavy atom. The normalized spacial score (nSPS) is 19.0. The first-order chi connectivity index (χ1) is 10.2. The maximum atomic E-state index is 12.7. The molecule has 3 heterocycles. The number of likely N-dealkylation sites (tertiary alicyclic amines) is 1. The molecule has 1 unspecified atom stereocenters. The van der Waals surface area contributed by atoms with Crippen molar-refractivity contribution in [2.45, 2.75) is 39.2 Å². The van der Waals surface area contributed by atoms with Crippen LogP contribution in [0.15, 0.2) is 18.7 Å². The molecular weight excluding hydrogens is 284 g/mol. The quantitative estimate of drug-likeness (QED) is 0.876. The van der Waals surface area contributed by atoms with Gasteiger partial charge in [0.05, 0.1) is 10.9 Å². The SMILES string of the molecule is CCc1cc(C(=O)N2CCCC(n3cncn3)C2)sc1C. The molecule has 0 N–H and O–H groups in total. The van der Waals surface area contributed by atoms with Crippen molar-refractivity contribution in [3.8, 4) is 0 Å². The third-order valence-electron chi connectivity index (χ3n) is 4.11. The number of thiophene rings is 1. The van der Waals surface area contributed by atoms with Crippen molar-refractivity contribution >= 4 is 17.2 Å². The van der Waals surface area contributed by atoms with Gasteiger partial charge in [-0.05, 0) is 37.8 Å². The Morgan fingerprint density at radius 1 is 1.52 bits per heavy atom. The number of hydrogen-bond donors (Lipinski definition) is 0. The smallest absolute Gasteiger partial charge is 0.264 e. The fourth-order valence-corrected chi connectivity index (χ4v) is 3.97. The molecule has 1 atom stereocenters. The summed E-state index contributed by atoms with van der Waals surface area (Å²) in [5.74, 6) is 0.160. The predicted molar refractivity (Wildman–Crippen MR) is 82.6 cm³/mol. The molecule has 1 saturated heterocycles. The summed E-state index contributed by atoms with van der Waals surface area (Å²) in [5, 5.41) is 4.21. The highest BCUT2D eigenvalue weighted by Crippen LogP contribution is 2.26. The molecule has 21 heavy (non-hydrogen) atoms. The number of piperidine rings is 1. The van der Waals surface area contributed by atoms with Gasteiger partial charge in [0.25, 0.3) is 5.91 Å². The van der Waals surface area contributed by atoms with Gasteiger partial charge < -0.3 is 4.90 Å². The number of carbonyl (C=O) groups excluding carboxylic acids is 1. The van der Waals surface area contributed by atoms with Crippen molar-refractivity contribution in [2.24, 2.45) is 0 Å². The minimum atomic E-state index is 0.160. The summed E-state index contributed by atoms with van der Waals surface area (Å²) >= 11 is 1.61. The van der Waals surface area contributed by atoms with Gasteiger partial charge in [0, 0.05) is 18.0 Å². The Morgan fingerprint density at radius 3 is 3.05 bits per heavy atom. The number of aromatic nitrogens is 3. The van der Waals surface area contributed by atoms with E-state index in [0.717, 1.165) is 37.2 Å². The predicted octanol–water partition coefficient (Wildman–Crippen LogP) is 2.69. The van der Waals surface area contributed by atoms with Gasteiger partial charge in [0.1, 0.15) is 12.7 Å². The Bertz CT molecular complexity index is 620. The minimum absolute atomic E-state index is 0.160. The van der Waals surface area contributed by atoms with E-state index in [1.807, 2.05) is 9.58 Å². The number of amides is 1. The molecule has 0 saturated carbocycles. The minimum Gasteiger partial charge on any atom is -0.336 e. The van der Waals surface area contributed by atoms with Crippen LogP contribution in [0.3, 0.4) is 0 Å². The number of carbonyl (C=O) groups is 1. The average molecular weight is 304 g/mol. The van der Waals surface area contributed by atoms with Gasteiger partial charge in [-0.3, -0.25) is 4.79 Å². The lowest BCUT2D eigenvalue weighted by Gasteiger charge is -2.32. The zero-order valence-corrected chi connectivity index (χ0v) is 13.3. The summed E-state index contributed by atoms with van der Waals surface area (Å²) in [5.41, 5.74) is 1.29. The highest BCUT2D eigenvalue weighted by atomic mass is 32.1. The van der Waals surface area contributed by atoms with Crippen LogP contribution in [-0.2, 0) is 6.42 Å². The Labute approximate surface area is 128 Å². The second-order valence-corrected chi connectivity index (χ2v) is 6.72. The van der Waals surface area contributed by atoms with Crippen LogP contribution in [0.1, 0.15) is 45.9 Å². The number of aryl methyl sites for hydroxylation is 2. The first-order valence-electron chi connectivity index (χ1n) is 7.41. The second kappa shape index (κ2) is 5.97. The zero-order chi connectivity index (χ0) is 14.8. The molecule has 2 aromatic heterocycles. The molecule has 0 aromatic carbocycles. The lowest BCUT2D eigenvalue weighted by molar-refractivity contribution is 0.0677. The molecular formula is C15H20N4OS. The second-order valence-electron chi connectivity index (χ2n) is 5.47. The van der Waals surface area contributed by atoms with Crippen molar-refractivity contribution in [1.29, 1.82) is 0 Å². The first-order valence-corrected chi connectivity index (χ1v) is 8.23. The largest absolute Gasteiger partial charge is 0.336 e. The molecule has 0 radical (unpaired) electrons. The Balaban J connectivity index is 1.74. The van der Waals surface area contributed by atoms with Gasteiger partial charge in [-0.2, -0.15) is 5.10 Å². The zero-order valence-electron chi connectivity index (χ0n) is 12.5. The van der Waals surface area contributed by atoms with Gasteiger partial charge >= 0.3 is 0 Å².